The third kappa shape index (κ3) is 3.31. The number of hydrogen-bond acceptors (Lipinski definition) is 2. The van der Waals surface area contributed by atoms with Gasteiger partial charge >= 0.3 is 0 Å². The first-order chi connectivity index (χ1) is 9.33. The first kappa shape index (κ1) is 13.4. The lowest BCUT2D eigenvalue weighted by Crippen LogP contribution is -2.45. The van der Waals surface area contributed by atoms with Crippen LogP contribution in [0.4, 0.5) is 0 Å². The van der Waals surface area contributed by atoms with Gasteiger partial charge in [0.15, 0.2) is 0 Å². The lowest BCUT2D eigenvalue weighted by Gasteiger charge is -2.39. The normalized spacial score (nSPS) is 39.4. The molecule has 3 rings (SSSR count). The Bertz CT molecular complexity index is 312. The second kappa shape index (κ2) is 6.25. The lowest BCUT2D eigenvalue weighted by molar-refractivity contribution is -0.128. The van der Waals surface area contributed by atoms with Gasteiger partial charge in [0, 0.05) is 12.5 Å². The van der Waals surface area contributed by atoms with Crippen LogP contribution in [0.1, 0.15) is 57.8 Å². The van der Waals surface area contributed by atoms with Crippen molar-refractivity contribution in [3.8, 4) is 0 Å². The Hall–Kier alpha value is -0.570. The molecule has 4 unspecified atom stereocenters. The summed E-state index contributed by atoms with van der Waals surface area (Å²) in [5, 5.41) is 3.22. The number of carbonyl (C=O) groups excluding carboxylic acids is 1. The zero-order valence-corrected chi connectivity index (χ0v) is 11.9. The molecule has 3 fully saturated rings. The number of amides is 1. The summed E-state index contributed by atoms with van der Waals surface area (Å²) in [5.41, 5.74) is 0. The van der Waals surface area contributed by atoms with Gasteiger partial charge in [-0.3, -0.25) is 4.79 Å². The van der Waals surface area contributed by atoms with E-state index >= 15 is 0 Å². The Morgan fingerprint density at radius 2 is 1.79 bits per heavy atom. The fourth-order valence-corrected chi connectivity index (χ4v) is 4.29. The van der Waals surface area contributed by atoms with Gasteiger partial charge < -0.3 is 10.1 Å². The maximum atomic E-state index is 12.4. The van der Waals surface area contributed by atoms with E-state index in [1.54, 1.807) is 0 Å². The standard InChI is InChI=1S/C16H27NO2/c18-16(17-15-6-3-9-19-11-15)14-8-7-12-4-1-2-5-13(12)10-14/h12-15H,1-11H2,(H,17,18). The average Bonchev–Trinajstić information content (AvgIpc) is 2.48. The molecule has 4 atom stereocenters. The van der Waals surface area contributed by atoms with Crippen LogP contribution in [0.15, 0.2) is 0 Å². The van der Waals surface area contributed by atoms with E-state index in [1.807, 2.05) is 0 Å². The van der Waals surface area contributed by atoms with E-state index in [-0.39, 0.29) is 12.0 Å². The van der Waals surface area contributed by atoms with Gasteiger partial charge in [0.05, 0.1) is 12.6 Å². The van der Waals surface area contributed by atoms with Crippen LogP contribution in [-0.4, -0.2) is 25.2 Å². The Balaban J connectivity index is 1.49. The molecule has 1 heterocycles. The highest BCUT2D eigenvalue weighted by molar-refractivity contribution is 5.79. The third-order valence-electron chi connectivity index (χ3n) is 5.42. The van der Waals surface area contributed by atoms with E-state index in [9.17, 15) is 4.79 Å². The van der Waals surface area contributed by atoms with E-state index < -0.39 is 0 Å². The van der Waals surface area contributed by atoms with Crippen molar-refractivity contribution in [2.75, 3.05) is 13.2 Å². The smallest absolute Gasteiger partial charge is 0.223 e. The highest BCUT2D eigenvalue weighted by Gasteiger charge is 2.35. The van der Waals surface area contributed by atoms with E-state index in [1.165, 1.54) is 32.1 Å². The molecule has 3 nitrogen and oxygen atoms in total. The minimum atomic E-state index is 0.269. The summed E-state index contributed by atoms with van der Waals surface area (Å²) in [4.78, 5) is 12.4. The molecule has 0 radical (unpaired) electrons. The summed E-state index contributed by atoms with van der Waals surface area (Å²) < 4.78 is 5.44. The summed E-state index contributed by atoms with van der Waals surface area (Å²) in [6, 6.07) is 0.269. The molecular formula is C16H27NO2. The molecule has 3 aliphatic rings. The van der Waals surface area contributed by atoms with Gasteiger partial charge in [0.25, 0.3) is 0 Å². The Labute approximate surface area is 116 Å². The second-order valence-electron chi connectivity index (χ2n) is 6.74. The Morgan fingerprint density at radius 3 is 2.58 bits per heavy atom. The van der Waals surface area contributed by atoms with Crippen LogP contribution < -0.4 is 5.32 Å². The molecule has 0 aromatic rings. The van der Waals surface area contributed by atoms with Gasteiger partial charge in [-0.1, -0.05) is 25.7 Å². The minimum Gasteiger partial charge on any atom is -0.379 e. The first-order valence-corrected chi connectivity index (χ1v) is 8.21. The highest BCUT2D eigenvalue weighted by Crippen LogP contribution is 2.42. The summed E-state index contributed by atoms with van der Waals surface area (Å²) >= 11 is 0. The zero-order chi connectivity index (χ0) is 13.1. The average molecular weight is 265 g/mol. The van der Waals surface area contributed by atoms with Crippen LogP contribution in [-0.2, 0) is 9.53 Å². The number of hydrogen-bond donors (Lipinski definition) is 1. The van der Waals surface area contributed by atoms with Gasteiger partial charge in [-0.25, -0.2) is 0 Å². The van der Waals surface area contributed by atoms with Crippen molar-refractivity contribution in [1.82, 2.24) is 5.32 Å². The predicted molar refractivity (Wildman–Crippen MR) is 74.8 cm³/mol. The van der Waals surface area contributed by atoms with E-state index in [0.717, 1.165) is 44.1 Å². The van der Waals surface area contributed by atoms with Crippen LogP contribution in [0.2, 0.25) is 0 Å². The van der Waals surface area contributed by atoms with Crippen molar-refractivity contribution >= 4 is 5.91 Å². The molecule has 1 amide bonds. The molecule has 1 N–H and O–H groups in total. The van der Waals surface area contributed by atoms with E-state index in [2.05, 4.69) is 5.32 Å². The molecule has 0 bridgehead atoms. The van der Waals surface area contributed by atoms with Crippen molar-refractivity contribution in [3.05, 3.63) is 0 Å². The van der Waals surface area contributed by atoms with Gasteiger partial charge in [0.1, 0.15) is 0 Å². The molecule has 3 heteroatoms. The minimum absolute atomic E-state index is 0.269. The first-order valence-electron chi connectivity index (χ1n) is 8.21. The molecule has 0 spiro atoms. The van der Waals surface area contributed by atoms with Crippen LogP contribution in [0.5, 0.6) is 0 Å². The van der Waals surface area contributed by atoms with Gasteiger partial charge in [0.2, 0.25) is 5.91 Å². The molecule has 19 heavy (non-hydrogen) atoms. The van der Waals surface area contributed by atoms with Gasteiger partial charge in [-0.05, 0) is 43.9 Å². The monoisotopic (exact) mass is 265 g/mol. The summed E-state index contributed by atoms with van der Waals surface area (Å²) in [6.45, 7) is 1.57. The summed E-state index contributed by atoms with van der Waals surface area (Å²) in [6.07, 6.45) is 11.3. The fraction of sp³-hybridized carbons (Fsp3) is 0.938. The van der Waals surface area contributed by atoms with Gasteiger partial charge in [-0.15, -0.1) is 0 Å². The van der Waals surface area contributed by atoms with E-state index in [4.69, 9.17) is 4.74 Å². The molecule has 1 saturated heterocycles. The van der Waals surface area contributed by atoms with E-state index in [0.29, 0.717) is 12.5 Å². The fourth-order valence-electron chi connectivity index (χ4n) is 4.29. The van der Waals surface area contributed by atoms with Crippen molar-refractivity contribution in [1.29, 1.82) is 0 Å². The number of nitrogens with one attached hydrogen (secondary N) is 1. The summed E-state index contributed by atoms with van der Waals surface area (Å²) in [5.74, 6) is 2.34. The molecule has 0 aromatic carbocycles. The zero-order valence-electron chi connectivity index (χ0n) is 11.9. The van der Waals surface area contributed by atoms with Gasteiger partial charge in [-0.2, -0.15) is 0 Å². The van der Waals surface area contributed by atoms with Crippen LogP contribution in [0.25, 0.3) is 0 Å². The largest absolute Gasteiger partial charge is 0.379 e. The molecule has 2 aliphatic carbocycles. The lowest BCUT2D eigenvalue weighted by atomic mass is 9.67. The third-order valence-corrected chi connectivity index (χ3v) is 5.42. The number of carbonyl (C=O) groups is 1. The number of ether oxygens (including phenoxy) is 1. The maximum Gasteiger partial charge on any atom is 0.223 e. The highest BCUT2D eigenvalue weighted by atomic mass is 16.5. The van der Waals surface area contributed by atoms with Crippen LogP contribution in [0, 0.1) is 17.8 Å². The quantitative estimate of drug-likeness (QED) is 0.833. The SMILES string of the molecule is O=C(NC1CCCOC1)C1CCC2CCCCC2C1. The van der Waals surface area contributed by atoms with Crippen molar-refractivity contribution < 1.29 is 9.53 Å². The van der Waals surface area contributed by atoms with Crippen molar-refractivity contribution in [2.45, 2.75) is 63.8 Å². The van der Waals surface area contributed by atoms with Crippen LogP contribution in [0.3, 0.4) is 0 Å². The molecule has 1 aliphatic heterocycles. The summed E-state index contributed by atoms with van der Waals surface area (Å²) in [7, 11) is 0. The molecule has 2 saturated carbocycles. The molecular weight excluding hydrogens is 238 g/mol. The number of fused-ring (bicyclic) bond motifs is 1. The number of rotatable bonds is 2. The van der Waals surface area contributed by atoms with Crippen LogP contribution >= 0.6 is 0 Å². The van der Waals surface area contributed by atoms with Crippen molar-refractivity contribution in [2.24, 2.45) is 17.8 Å². The molecule has 108 valence electrons. The Kier molecular flexibility index (Phi) is 4.42. The predicted octanol–water partition coefficient (Wildman–Crippen LogP) is 2.89. The van der Waals surface area contributed by atoms with Crippen molar-refractivity contribution in [3.63, 3.8) is 0 Å². The second-order valence-corrected chi connectivity index (χ2v) is 6.74. The topological polar surface area (TPSA) is 38.3 Å². The Morgan fingerprint density at radius 1 is 0.947 bits per heavy atom. The molecule has 0 aromatic heterocycles. The maximum absolute atomic E-state index is 12.4.